The lowest BCUT2D eigenvalue weighted by molar-refractivity contribution is -0.132. The van der Waals surface area contributed by atoms with E-state index in [4.69, 9.17) is 14.2 Å². The average molecular weight is 446 g/mol. The molecule has 1 N–H and O–H groups in total. The molecule has 8 heteroatoms. The summed E-state index contributed by atoms with van der Waals surface area (Å²) in [7, 11) is 4.40. The van der Waals surface area contributed by atoms with Gasteiger partial charge in [0.1, 0.15) is 28.6 Å². The van der Waals surface area contributed by atoms with Crippen molar-refractivity contribution in [2.24, 2.45) is 0 Å². The summed E-state index contributed by atoms with van der Waals surface area (Å²) in [4.78, 5) is 32.0. The number of aromatic nitrogens is 1. The van der Waals surface area contributed by atoms with Gasteiger partial charge in [0.15, 0.2) is 0 Å². The number of hydrogen-bond acceptors (Lipinski definition) is 7. The van der Waals surface area contributed by atoms with E-state index in [1.807, 2.05) is 0 Å². The van der Waals surface area contributed by atoms with E-state index < -0.39 is 23.5 Å². The van der Waals surface area contributed by atoms with E-state index in [1.165, 1.54) is 26.2 Å². The Balaban J connectivity index is 2.00. The SMILES string of the molecule is COc1cccc(N2C(=O)C(=O)/C(=C(/O)c3c(OC)cccc3OC)C2c2cccnc2)c1. The summed E-state index contributed by atoms with van der Waals surface area (Å²) in [6.45, 7) is 0. The number of Topliss-reactive ketones (excluding diaryl/α,β-unsaturated/α-hetero) is 1. The molecule has 4 rings (SSSR count). The number of hydrogen-bond donors (Lipinski definition) is 1. The highest BCUT2D eigenvalue weighted by Gasteiger charge is 2.47. The lowest BCUT2D eigenvalue weighted by Gasteiger charge is -2.25. The summed E-state index contributed by atoms with van der Waals surface area (Å²) in [5, 5.41) is 11.4. The number of anilines is 1. The van der Waals surface area contributed by atoms with Gasteiger partial charge in [-0.2, -0.15) is 0 Å². The molecule has 1 fully saturated rings. The van der Waals surface area contributed by atoms with Crippen molar-refractivity contribution >= 4 is 23.1 Å². The van der Waals surface area contributed by atoms with Gasteiger partial charge in [0, 0.05) is 24.1 Å². The Morgan fingerprint density at radius 3 is 2.24 bits per heavy atom. The average Bonchev–Trinajstić information content (AvgIpc) is 3.13. The Kier molecular flexibility index (Phi) is 5.99. The molecule has 2 heterocycles. The summed E-state index contributed by atoms with van der Waals surface area (Å²) < 4.78 is 16.1. The minimum absolute atomic E-state index is 0.0985. The van der Waals surface area contributed by atoms with E-state index in [0.29, 0.717) is 28.5 Å². The van der Waals surface area contributed by atoms with Gasteiger partial charge in [0.2, 0.25) is 0 Å². The van der Waals surface area contributed by atoms with Gasteiger partial charge in [0.25, 0.3) is 11.7 Å². The van der Waals surface area contributed by atoms with E-state index in [-0.39, 0.29) is 11.1 Å². The van der Waals surface area contributed by atoms with Gasteiger partial charge in [-0.15, -0.1) is 0 Å². The molecule has 0 bridgehead atoms. The Hall–Kier alpha value is -4.33. The van der Waals surface area contributed by atoms with E-state index in [1.54, 1.807) is 67.0 Å². The summed E-state index contributed by atoms with van der Waals surface area (Å²) in [5.74, 6) is -0.911. The van der Waals surface area contributed by atoms with Gasteiger partial charge < -0.3 is 19.3 Å². The Morgan fingerprint density at radius 1 is 0.939 bits per heavy atom. The third-order valence-electron chi connectivity index (χ3n) is 5.44. The van der Waals surface area contributed by atoms with E-state index in [2.05, 4.69) is 4.98 Å². The van der Waals surface area contributed by atoms with Crippen LogP contribution in [-0.2, 0) is 9.59 Å². The number of ketones is 1. The first-order chi connectivity index (χ1) is 16.0. The van der Waals surface area contributed by atoms with Crippen molar-refractivity contribution in [3.05, 3.63) is 83.7 Å². The van der Waals surface area contributed by atoms with Crippen molar-refractivity contribution in [1.82, 2.24) is 4.98 Å². The van der Waals surface area contributed by atoms with E-state index in [9.17, 15) is 14.7 Å². The molecule has 1 saturated heterocycles. The van der Waals surface area contributed by atoms with Crippen molar-refractivity contribution < 1.29 is 28.9 Å². The van der Waals surface area contributed by atoms with Crippen LogP contribution in [0.25, 0.3) is 5.76 Å². The zero-order valence-corrected chi connectivity index (χ0v) is 18.3. The van der Waals surface area contributed by atoms with Gasteiger partial charge in [-0.3, -0.25) is 19.5 Å². The van der Waals surface area contributed by atoms with Gasteiger partial charge in [-0.05, 0) is 35.9 Å². The van der Waals surface area contributed by atoms with Crippen molar-refractivity contribution in [2.45, 2.75) is 6.04 Å². The molecule has 8 nitrogen and oxygen atoms in total. The maximum Gasteiger partial charge on any atom is 0.300 e. The largest absolute Gasteiger partial charge is 0.506 e. The molecule has 168 valence electrons. The first-order valence-corrected chi connectivity index (χ1v) is 10.1. The maximum absolute atomic E-state index is 13.3. The number of aliphatic hydroxyl groups is 1. The van der Waals surface area contributed by atoms with Crippen molar-refractivity contribution in [3.63, 3.8) is 0 Å². The summed E-state index contributed by atoms with van der Waals surface area (Å²) in [5.41, 5.74) is 1.07. The molecule has 0 saturated carbocycles. The monoisotopic (exact) mass is 446 g/mol. The summed E-state index contributed by atoms with van der Waals surface area (Å²) >= 11 is 0. The number of methoxy groups -OCH3 is 3. The lowest BCUT2D eigenvalue weighted by Crippen LogP contribution is -2.29. The van der Waals surface area contributed by atoms with Gasteiger partial charge in [0.05, 0.1) is 32.9 Å². The highest BCUT2D eigenvalue weighted by atomic mass is 16.5. The van der Waals surface area contributed by atoms with Crippen LogP contribution in [0.5, 0.6) is 17.2 Å². The molecular weight excluding hydrogens is 424 g/mol. The third kappa shape index (κ3) is 3.76. The lowest BCUT2D eigenvalue weighted by atomic mass is 9.95. The molecule has 0 aliphatic carbocycles. The normalized spacial score (nSPS) is 17.2. The molecule has 1 atom stereocenters. The summed E-state index contributed by atoms with van der Waals surface area (Å²) in [6.07, 6.45) is 3.14. The highest BCUT2D eigenvalue weighted by Crippen LogP contribution is 2.45. The van der Waals surface area contributed by atoms with Crippen LogP contribution in [0.2, 0.25) is 0 Å². The maximum atomic E-state index is 13.3. The Labute approximate surface area is 190 Å². The van der Waals surface area contributed by atoms with Crippen molar-refractivity contribution in [2.75, 3.05) is 26.2 Å². The molecule has 33 heavy (non-hydrogen) atoms. The zero-order valence-electron chi connectivity index (χ0n) is 18.3. The quantitative estimate of drug-likeness (QED) is 0.350. The van der Waals surface area contributed by atoms with E-state index >= 15 is 0 Å². The molecule has 0 spiro atoms. The number of rotatable bonds is 6. The van der Waals surface area contributed by atoms with Crippen LogP contribution in [0.15, 0.2) is 72.6 Å². The van der Waals surface area contributed by atoms with E-state index in [0.717, 1.165) is 0 Å². The zero-order chi connectivity index (χ0) is 23.5. The minimum Gasteiger partial charge on any atom is -0.506 e. The predicted molar refractivity (Wildman–Crippen MR) is 122 cm³/mol. The van der Waals surface area contributed by atoms with Crippen molar-refractivity contribution in [1.29, 1.82) is 0 Å². The second kappa shape index (κ2) is 9.04. The number of amides is 1. The van der Waals surface area contributed by atoms with Gasteiger partial charge in [-0.1, -0.05) is 18.2 Å². The standard InChI is InChI=1S/C25H22N2O6/c1-31-17-9-4-8-16(13-17)27-22(15-7-6-12-26-14-15)21(24(29)25(27)30)23(28)20-18(32-2)10-5-11-19(20)33-3/h4-14,22,28H,1-3H3/b23-21+. The minimum atomic E-state index is -0.930. The Morgan fingerprint density at radius 2 is 1.64 bits per heavy atom. The fourth-order valence-corrected chi connectivity index (χ4v) is 3.93. The number of pyridine rings is 1. The van der Waals surface area contributed by atoms with Gasteiger partial charge in [-0.25, -0.2) is 0 Å². The third-order valence-corrected chi connectivity index (χ3v) is 5.44. The van der Waals surface area contributed by atoms with Crippen LogP contribution < -0.4 is 19.1 Å². The smallest absolute Gasteiger partial charge is 0.300 e. The number of nitrogens with zero attached hydrogens (tertiary/aromatic N) is 2. The molecule has 1 aromatic heterocycles. The first-order valence-electron chi connectivity index (χ1n) is 10.1. The number of aliphatic hydroxyl groups excluding tert-OH is 1. The number of carbonyl (C=O) groups is 2. The molecule has 0 radical (unpaired) electrons. The van der Waals surface area contributed by atoms with Crippen LogP contribution >= 0.6 is 0 Å². The molecule has 3 aromatic rings. The fourth-order valence-electron chi connectivity index (χ4n) is 3.93. The number of benzene rings is 2. The molecule has 1 amide bonds. The van der Waals surface area contributed by atoms with Crippen LogP contribution in [0.4, 0.5) is 5.69 Å². The molecular formula is C25H22N2O6. The topological polar surface area (TPSA) is 98.2 Å². The first kappa shape index (κ1) is 21.9. The van der Waals surface area contributed by atoms with Gasteiger partial charge >= 0.3 is 0 Å². The van der Waals surface area contributed by atoms with Crippen LogP contribution in [0.3, 0.4) is 0 Å². The molecule has 1 aliphatic heterocycles. The predicted octanol–water partition coefficient (Wildman–Crippen LogP) is 3.73. The molecule has 1 aliphatic rings. The second-order valence-corrected chi connectivity index (χ2v) is 7.19. The number of carbonyl (C=O) groups excluding carboxylic acids is 2. The fraction of sp³-hybridized carbons (Fsp3) is 0.160. The highest BCUT2D eigenvalue weighted by molar-refractivity contribution is 6.51. The number of ether oxygens (including phenoxy) is 3. The van der Waals surface area contributed by atoms with Crippen LogP contribution in [0.1, 0.15) is 17.2 Å². The van der Waals surface area contributed by atoms with Crippen LogP contribution in [0, 0.1) is 0 Å². The second-order valence-electron chi connectivity index (χ2n) is 7.19. The summed E-state index contributed by atoms with van der Waals surface area (Å²) in [6, 6.07) is 14.3. The Bertz CT molecular complexity index is 1220. The van der Waals surface area contributed by atoms with Crippen LogP contribution in [-0.4, -0.2) is 43.1 Å². The van der Waals surface area contributed by atoms with Crippen molar-refractivity contribution in [3.8, 4) is 17.2 Å². The molecule has 2 aromatic carbocycles. The molecule has 1 unspecified atom stereocenters.